The van der Waals surface area contributed by atoms with Crippen LogP contribution in [0.15, 0.2) is 54.7 Å². The second kappa shape index (κ2) is 12.4. The summed E-state index contributed by atoms with van der Waals surface area (Å²) in [5.41, 5.74) is 1.55. The molecule has 0 bridgehead atoms. The summed E-state index contributed by atoms with van der Waals surface area (Å²) in [5, 5.41) is 3.19. The van der Waals surface area contributed by atoms with E-state index in [1.807, 2.05) is 0 Å². The van der Waals surface area contributed by atoms with Crippen molar-refractivity contribution >= 4 is 23.3 Å². The van der Waals surface area contributed by atoms with Gasteiger partial charge in [0, 0.05) is 63.1 Å². The van der Waals surface area contributed by atoms with Crippen molar-refractivity contribution in [3.05, 3.63) is 93.9 Å². The Morgan fingerprint density at radius 1 is 0.949 bits per heavy atom. The molecule has 3 aromatic rings. The molecule has 0 radical (unpaired) electrons. The van der Waals surface area contributed by atoms with Gasteiger partial charge >= 0.3 is 0 Å². The summed E-state index contributed by atoms with van der Waals surface area (Å²) in [4.78, 5) is 23.9. The van der Waals surface area contributed by atoms with Gasteiger partial charge < -0.3 is 10.2 Å². The van der Waals surface area contributed by atoms with Crippen molar-refractivity contribution in [1.29, 1.82) is 0 Å². The number of aromatic nitrogens is 1. The average molecular weight is 558 g/mol. The molecule has 2 aliphatic rings. The summed E-state index contributed by atoms with van der Waals surface area (Å²) in [5.74, 6) is -1.05. The number of benzene rings is 2. The molecule has 2 aliphatic heterocycles. The molecule has 39 heavy (non-hydrogen) atoms. The van der Waals surface area contributed by atoms with Gasteiger partial charge in [-0.05, 0) is 55.8 Å². The van der Waals surface area contributed by atoms with Crippen LogP contribution in [0.5, 0.6) is 0 Å². The first-order chi connectivity index (χ1) is 18.9. The molecule has 0 aliphatic carbocycles. The Bertz CT molecular complexity index is 1310. The number of nitrogens with one attached hydrogen (secondary N) is 1. The fourth-order valence-electron chi connectivity index (χ4n) is 5.35. The monoisotopic (exact) mass is 557 g/mol. The molecule has 2 saturated heterocycles. The van der Waals surface area contributed by atoms with E-state index in [1.165, 1.54) is 30.5 Å². The number of likely N-dealkylation sites (tertiary alicyclic amines) is 1. The molecule has 1 aromatic heterocycles. The van der Waals surface area contributed by atoms with Crippen LogP contribution in [0.2, 0.25) is 5.02 Å². The zero-order chi connectivity index (χ0) is 27.4. The summed E-state index contributed by atoms with van der Waals surface area (Å²) in [6.07, 6.45) is 3.52. The highest BCUT2D eigenvalue weighted by atomic mass is 35.5. The number of carbonyl (C=O) groups is 1. The van der Waals surface area contributed by atoms with Crippen molar-refractivity contribution in [3.63, 3.8) is 0 Å². The fraction of sp³-hybridized carbons (Fsp3) is 0.379. The van der Waals surface area contributed by atoms with Crippen LogP contribution in [-0.2, 0) is 13.1 Å². The van der Waals surface area contributed by atoms with Crippen molar-refractivity contribution in [3.8, 4) is 0 Å². The number of anilines is 1. The molecule has 206 valence electrons. The minimum atomic E-state index is -0.551. The van der Waals surface area contributed by atoms with Gasteiger partial charge in [0.05, 0.1) is 10.6 Å². The summed E-state index contributed by atoms with van der Waals surface area (Å²) < 4.78 is 40.6. The van der Waals surface area contributed by atoms with Crippen LogP contribution in [0.3, 0.4) is 0 Å². The molecule has 2 fully saturated rings. The third-order valence-corrected chi connectivity index (χ3v) is 7.80. The van der Waals surface area contributed by atoms with Gasteiger partial charge in [-0.1, -0.05) is 29.8 Å². The molecule has 0 saturated carbocycles. The summed E-state index contributed by atoms with van der Waals surface area (Å²) in [6.45, 7) is 5.76. The predicted molar refractivity (Wildman–Crippen MR) is 145 cm³/mol. The Morgan fingerprint density at radius 3 is 2.38 bits per heavy atom. The minimum absolute atomic E-state index is 0.208. The number of hydrogen-bond donors (Lipinski definition) is 1. The zero-order valence-electron chi connectivity index (χ0n) is 21.6. The number of piperidine rings is 1. The Morgan fingerprint density at radius 2 is 1.69 bits per heavy atom. The number of nitrogens with zero attached hydrogens (tertiary/aromatic N) is 4. The summed E-state index contributed by atoms with van der Waals surface area (Å²) in [6, 6.07) is 12.0. The molecule has 2 aromatic carbocycles. The number of rotatable bonds is 7. The normalized spacial score (nSPS) is 17.4. The molecule has 0 unspecified atom stereocenters. The van der Waals surface area contributed by atoms with Crippen LogP contribution in [0.1, 0.15) is 34.3 Å². The van der Waals surface area contributed by atoms with E-state index in [2.05, 4.69) is 25.0 Å². The van der Waals surface area contributed by atoms with Crippen LogP contribution in [-0.4, -0.2) is 66.0 Å². The van der Waals surface area contributed by atoms with E-state index in [9.17, 15) is 18.0 Å². The maximum atomic E-state index is 14.0. The molecule has 5 rings (SSSR count). The highest BCUT2D eigenvalue weighted by Crippen LogP contribution is 2.27. The number of hydrogen-bond acceptors (Lipinski definition) is 5. The molecule has 10 heteroatoms. The van der Waals surface area contributed by atoms with Gasteiger partial charge in [0.15, 0.2) is 0 Å². The Labute approximate surface area is 231 Å². The maximum Gasteiger partial charge on any atom is 0.253 e. The van der Waals surface area contributed by atoms with Gasteiger partial charge in [0.1, 0.15) is 23.3 Å². The lowest BCUT2D eigenvalue weighted by Crippen LogP contribution is -2.53. The van der Waals surface area contributed by atoms with Crippen LogP contribution < -0.4 is 10.2 Å². The number of pyridine rings is 1. The molecular weight excluding hydrogens is 527 g/mol. The predicted octanol–water partition coefficient (Wildman–Crippen LogP) is 4.87. The van der Waals surface area contributed by atoms with E-state index < -0.39 is 11.6 Å². The third-order valence-electron chi connectivity index (χ3n) is 7.52. The fourth-order valence-corrected chi connectivity index (χ4v) is 5.64. The Hall–Kier alpha value is -3.14. The quantitative estimate of drug-likeness (QED) is 0.449. The summed E-state index contributed by atoms with van der Waals surface area (Å²) in [7, 11) is 0. The lowest BCUT2D eigenvalue weighted by atomic mass is 10.0. The van der Waals surface area contributed by atoms with E-state index >= 15 is 0 Å². The first-order valence-corrected chi connectivity index (χ1v) is 13.6. The second-order valence-corrected chi connectivity index (χ2v) is 10.5. The van der Waals surface area contributed by atoms with E-state index in [4.69, 9.17) is 11.6 Å². The number of halogens is 4. The van der Waals surface area contributed by atoms with Crippen molar-refractivity contribution in [1.82, 2.24) is 20.1 Å². The summed E-state index contributed by atoms with van der Waals surface area (Å²) >= 11 is 6.53. The van der Waals surface area contributed by atoms with E-state index in [0.717, 1.165) is 58.2 Å². The topological polar surface area (TPSA) is 51.7 Å². The lowest BCUT2D eigenvalue weighted by molar-refractivity contribution is 0.0950. The van der Waals surface area contributed by atoms with Crippen molar-refractivity contribution in [2.45, 2.75) is 32.0 Å². The minimum Gasteiger partial charge on any atom is -0.353 e. The number of carbonyl (C=O) groups excluding carboxylic acids is 1. The van der Waals surface area contributed by atoms with Crippen molar-refractivity contribution in [2.75, 3.05) is 44.2 Å². The number of amides is 1. The molecule has 0 atom stereocenters. The van der Waals surface area contributed by atoms with Crippen LogP contribution in [0.4, 0.5) is 19.0 Å². The standard InChI is InChI=1S/C29H31ClF3N5O/c30-26-15-22(29(39)35-17-20-2-1-3-23(31)14-20)18-34-28(26)38-12-10-37(11-13-38)25-6-8-36(9-7-25)19-21-4-5-24(32)16-27(21)33/h1-5,14-16,18,25H,6-13,17,19H2,(H,35,39). The molecule has 6 nitrogen and oxygen atoms in total. The van der Waals surface area contributed by atoms with E-state index in [-0.39, 0.29) is 18.3 Å². The van der Waals surface area contributed by atoms with Gasteiger partial charge in [-0.25, -0.2) is 18.2 Å². The van der Waals surface area contributed by atoms with Crippen molar-refractivity contribution in [2.24, 2.45) is 0 Å². The van der Waals surface area contributed by atoms with Gasteiger partial charge in [-0.15, -0.1) is 0 Å². The van der Waals surface area contributed by atoms with Crippen LogP contribution >= 0.6 is 11.6 Å². The van der Waals surface area contributed by atoms with Crippen LogP contribution in [0.25, 0.3) is 0 Å². The maximum absolute atomic E-state index is 14.0. The Balaban J connectivity index is 1.09. The first kappa shape index (κ1) is 27.4. The van der Waals surface area contributed by atoms with Crippen LogP contribution in [0, 0.1) is 17.5 Å². The molecule has 1 N–H and O–H groups in total. The van der Waals surface area contributed by atoms with Gasteiger partial charge in [-0.2, -0.15) is 0 Å². The smallest absolute Gasteiger partial charge is 0.253 e. The average Bonchev–Trinajstić information content (AvgIpc) is 2.94. The van der Waals surface area contributed by atoms with Gasteiger partial charge in [0.25, 0.3) is 5.91 Å². The second-order valence-electron chi connectivity index (χ2n) is 10.1. The van der Waals surface area contributed by atoms with E-state index in [0.29, 0.717) is 40.1 Å². The zero-order valence-corrected chi connectivity index (χ0v) is 22.3. The van der Waals surface area contributed by atoms with Gasteiger partial charge in [-0.3, -0.25) is 14.6 Å². The van der Waals surface area contributed by atoms with Gasteiger partial charge in [0.2, 0.25) is 0 Å². The highest BCUT2D eigenvalue weighted by molar-refractivity contribution is 6.33. The number of piperazine rings is 1. The van der Waals surface area contributed by atoms with E-state index in [1.54, 1.807) is 18.2 Å². The molecule has 0 spiro atoms. The lowest BCUT2D eigenvalue weighted by Gasteiger charge is -2.43. The Kier molecular flexibility index (Phi) is 8.69. The molecule has 3 heterocycles. The third kappa shape index (κ3) is 6.90. The molecular formula is C29H31ClF3N5O. The van der Waals surface area contributed by atoms with Crippen molar-refractivity contribution < 1.29 is 18.0 Å². The first-order valence-electron chi connectivity index (χ1n) is 13.2. The SMILES string of the molecule is O=C(NCc1cccc(F)c1)c1cnc(N2CCN(C3CCN(Cc4ccc(F)cc4F)CC3)CC2)c(Cl)c1. The largest absolute Gasteiger partial charge is 0.353 e. The highest BCUT2D eigenvalue weighted by Gasteiger charge is 2.29. The molecule has 1 amide bonds.